The summed E-state index contributed by atoms with van der Waals surface area (Å²) >= 11 is 0. The molecule has 1 N–H and O–H groups in total. The van der Waals surface area contributed by atoms with Crippen LogP contribution in [0.1, 0.15) is 5.56 Å². The summed E-state index contributed by atoms with van der Waals surface area (Å²) < 4.78 is 0. The number of carbonyl (C=O) groups excluding carboxylic acids is 1. The first kappa shape index (κ1) is 11.1. The van der Waals surface area contributed by atoms with Crippen LogP contribution in [0.2, 0.25) is 0 Å². The highest BCUT2D eigenvalue weighted by Crippen LogP contribution is 2.33. The van der Waals surface area contributed by atoms with Crippen LogP contribution in [0.4, 0.5) is 16.2 Å². The van der Waals surface area contributed by atoms with Gasteiger partial charge in [0.1, 0.15) is 6.17 Å². The minimum atomic E-state index is -0.125. The number of hydrogen-bond acceptors (Lipinski definition) is 2. The molecule has 2 aromatic rings. The first-order valence-corrected chi connectivity index (χ1v) is 6.56. The second-order valence-electron chi connectivity index (χ2n) is 4.82. The van der Waals surface area contributed by atoms with Crippen LogP contribution < -0.4 is 15.3 Å². The molecule has 2 amide bonds. The predicted octanol–water partition coefficient (Wildman–Crippen LogP) is 2.99. The normalized spacial score (nSPS) is 19.6. The van der Waals surface area contributed by atoms with Crippen molar-refractivity contribution in [2.45, 2.75) is 6.17 Å². The standard InChI is InChI=1S/C16H13N3O/c20-16-17-19-14-9-5-4-6-12(14)10-11-15(19)18(16)13-7-2-1-3-8-13/h1-11,15H,(H,17,20). The fraction of sp³-hybridized carbons (Fsp3) is 0.0625. The van der Waals surface area contributed by atoms with E-state index in [1.807, 2.05) is 65.7 Å². The van der Waals surface area contributed by atoms with Gasteiger partial charge in [0, 0.05) is 5.69 Å². The molecule has 0 aliphatic carbocycles. The molecule has 0 bridgehead atoms. The van der Waals surface area contributed by atoms with Crippen molar-refractivity contribution in [3.63, 3.8) is 0 Å². The highest BCUT2D eigenvalue weighted by atomic mass is 16.2. The van der Waals surface area contributed by atoms with Crippen LogP contribution in [-0.2, 0) is 0 Å². The molecular formula is C16H13N3O. The lowest BCUT2D eigenvalue weighted by molar-refractivity contribution is 0.251. The van der Waals surface area contributed by atoms with Gasteiger partial charge in [0.2, 0.25) is 0 Å². The lowest BCUT2D eigenvalue weighted by Crippen LogP contribution is -2.41. The summed E-state index contributed by atoms with van der Waals surface area (Å²) in [5.74, 6) is 0. The van der Waals surface area contributed by atoms with Gasteiger partial charge in [-0.05, 0) is 29.8 Å². The average Bonchev–Trinajstić information content (AvgIpc) is 2.84. The zero-order valence-corrected chi connectivity index (χ0v) is 10.7. The van der Waals surface area contributed by atoms with Crippen LogP contribution >= 0.6 is 0 Å². The number of nitrogens with zero attached hydrogens (tertiary/aromatic N) is 2. The molecule has 20 heavy (non-hydrogen) atoms. The fourth-order valence-corrected chi connectivity index (χ4v) is 2.73. The van der Waals surface area contributed by atoms with Gasteiger partial charge in [-0.2, -0.15) is 0 Å². The van der Waals surface area contributed by atoms with E-state index in [1.165, 1.54) is 0 Å². The Hall–Kier alpha value is -2.75. The van der Waals surface area contributed by atoms with Gasteiger partial charge in [-0.1, -0.05) is 42.5 Å². The highest BCUT2D eigenvalue weighted by molar-refractivity contribution is 5.99. The molecule has 2 heterocycles. The Morgan fingerprint density at radius 1 is 0.950 bits per heavy atom. The number of para-hydroxylation sites is 2. The molecule has 98 valence electrons. The first-order chi connectivity index (χ1) is 9.84. The van der Waals surface area contributed by atoms with E-state index in [4.69, 9.17) is 0 Å². The molecule has 1 saturated heterocycles. The summed E-state index contributed by atoms with van der Waals surface area (Å²) in [6, 6.07) is 17.6. The molecule has 1 unspecified atom stereocenters. The van der Waals surface area contributed by atoms with E-state index in [1.54, 1.807) is 4.90 Å². The van der Waals surface area contributed by atoms with E-state index < -0.39 is 0 Å². The third-order valence-electron chi connectivity index (χ3n) is 3.64. The number of benzene rings is 2. The molecular weight excluding hydrogens is 250 g/mol. The zero-order valence-electron chi connectivity index (χ0n) is 10.7. The van der Waals surface area contributed by atoms with Crippen molar-refractivity contribution in [1.82, 2.24) is 5.43 Å². The van der Waals surface area contributed by atoms with Gasteiger partial charge in [-0.15, -0.1) is 0 Å². The molecule has 2 aliphatic rings. The minimum absolute atomic E-state index is 0.109. The topological polar surface area (TPSA) is 35.6 Å². The maximum Gasteiger partial charge on any atom is 0.342 e. The molecule has 0 spiro atoms. The van der Waals surface area contributed by atoms with Gasteiger partial charge in [-0.3, -0.25) is 9.91 Å². The van der Waals surface area contributed by atoms with Gasteiger partial charge in [0.15, 0.2) is 0 Å². The molecule has 4 heteroatoms. The predicted molar refractivity (Wildman–Crippen MR) is 79.2 cm³/mol. The molecule has 0 radical (unpaired) electrons. The Morgan fingerprint density at radius 3 is 2.55 bits per heavy atom. The molecule has 2 aromatic carbocycles. The van der Waals surface area contributed by atoms with E-state index in [-0.39, 0.29) is 12.2 Å². The Labute approximate surface area is 116 Å². The molecule has 1 atom stereocenters. The van der Waals surface area contributed by atoms with Crippen LogP contribution in [0.5, 0.6) is 0 Å². The number of hydrazine groups is 1. The Balaban J connectivity index is 1.79. The van der Waals surface area contributed by atoms with Crippen LogP contribution in [0.25, 0.3) is 6.08 Å². The van der Waals surface area contributed by atoms with E-state index >= 15 is 0 Å². The second-order valence-corrected chi connectivity index (χ2v) is 4.82. The third kappa shape index (κ3) is 1.51. The number of urea groups is 1. The van der Waals surface area contributed by atoms with E-state index in [9.17, 15) is 4.79 Å². The molecule has 4 rings (SSSR count). The summed E-state index contributed by atoms with van der Waals surface area (Å²) in [6.07, 6.45) is 3.97. The molecule has 0 aromatic heterocycles. The molecule has 0 saturated carbocycles. The SMILES string of the molecule is O=C1NN2c3ccccc3C=CC2N1c1ccccc1. The maximum absolute atomic E-state index is 12.3. The smallest absolute Gasteiger partial charge is 0.267 e. The molecule has 1 fully saturated rings. The van der Waals surface area contributed by atoms with Crippen LogP contribution in [0.3, 0.4) is 0 Å². The summed E-state index contributed by atoms with van der Waals surface area (Å²) in [6.45, 7) is 0. The van der Waals surface area contributed by atoms with Gasteiger partial charge >= 0.3 is 6.03 Å². The number of hydrogen-bond donors (Lipinski definition) is 1. The van der Waals surface area contributed by atoms with Crippen LogP contribution in [-0.4, -0.2) is 12.2 Å². The number of amides is 2. The maximum atomic E-state index is 12.3. The van der Waals surface area contributed by atoms with Crippen molar-refractivity contribution in [1.29, 1.82) is 0 Å². The molecule has 2 aliphatic heterocycles. The Morgan fingerprint density at radius 2 is 1.70 bits per heavy atom. The quantitative estimate of drug-likeness (QED) is 0.858. The number of nitrogens with one attached hydrogen (secondary N) is 1. The lowest BCUT2D eigenvalue weighted by atomic mass is 10.1. The number of anilines is 2. The summed E-state index contributed by atoms with van der Waals surface area (Å²) in [4.78, 5) is 14.0. The zero-order chi connectivity index (χ0) is 13.5. The van der Waals surface area contributed by atoms with Gasteiger partial charge < -0.3 is 0 Å². The van der Waals surface area contributed by atoms with Crippen molar-refractivity contribution in [2.75, 3.05) is 9.91 Å². The van der Waals surface area contributed by atoms with E-state index in [0.717, 1.165) is 16.9 Å². The van der Waals surface area contributed by atoms with Gasteiger partial charge in [0.25, 0.3) is 0 Å². The Bertz CT molecular complexity index is 696. The monoisotopic (exact) mass is 263 g/mol. The fourth-order valence-electron chi connectivity index (χ4n) is 2.73. The van der Waals surface area contributed by atoms with Gasteiger partial charge in [0.05, 0.1) is 5.69 Å². The number of fused-ring (bicyclic) bond motifs is 3. The van der Waals surface area contributed by atoms with Crippen molar-refractivity contribution >= 4 is 23.5 Å². The van der Waals surface area contributed by atoms with Gasteiger partial charge in [-0.25, -0.2) is 10.2 Å². The molecule has 4 nitrogen and oxygen atoms in total. The Kier molecular flexibility index (Phi) is 2.29. The van der Waals surface area contributed by atoms with Crippen molar-refractivity contribution < 1.29 is 4.79 Å². The van der Waals surface area contributed by atoms with Crippen LogP contribution in [0, 0.1) is 0 Å². The third-order valence-corrected chi connectivity index (χ3v) is 3.64. The highest BCUT2D eigenvalue weighted by Gasteiger charge is 2.39. The minimum Gasteiger partial charge on any atom is -0.267 e. The number of carbonyl (C=O) groups is 1. The lowest BCUT2D eigenvalue weighted by Gasteiger charge is -2.30. The largest absolute Gasteiger partial charge is 0.342 e. The first-order valence-electron chi connectivity index (χ1n) is 6.56. The van der Waals surface area contributed by atoms with E-state index in [0.29, 0.717) is 0 Å². The van der Waals surface area contributed by atoms with E-state index in [2.05, 4.69) is 11.5 Å². The van der Waals surface area contributed by atoms with Crippen molar-refractivity contribution in [2.24, 2.45) is 0 Å². The summed E-state index contributed by atoms with van der Waals surface area (Å²) in [7, 11) is 0. The van der Waals surface area contributed by atoms with Crippen molar-refractivity contribution in [3.8, 4) is 0 Å². The van der Waals surface area contributed by atoms with Crippen LogP contribution in [0.15, 0.2) is 60.7 Å². The number of rotatable bonds is 1. The van der Waals surface area contributed by atoms with Crippen molar-refractivity contribution in [3.05, 3.63) is 66.2 Å². The summed E-state index contributed by atoms with van der Waals surface area (Å²) in [5.41, 5.74) is 5.95. The average molecular weight is 263 g/mol. The second kappa shape index (κ2) is 4.13. The summed E-state index contributed by atoms with van der Waals surface area (Å²) in [5, 5.41) is 1.91.